The number of hydrogen-bond acceptors (Lipinski definition) is 2. The summed E-state index contributed by atoms with van der Waals surface area (Å²) in [5.41, 5.74) is 6.55. The van der Waals surface area contributed by atoms with Gasteiger partial charge < -0.3 is 10.5 Å². The lowest BCUT2D eigenvalue weighted by Gasteiger charge is -2.12. The Labute approximate surface area is 95.9 Å². The Morgan fingerprint density at radius 1 is 1.38 bits per heavy atom. The molecular formula is C13H18FNO. The molecule has 2 atom stereocenters. The summed E-state index contributed by atoms with van der Waals surface area (Å²) in [4.78, 5) is 0. The predicted octanol–water partition coefficient (Wildman–Crippen LogP) is 2.44. The third-order valence-electron chi connectivity index (χ3n) is 2.34. The molecular weight excluding hydrogens is 205 g/mol. The van der Waals surface area contributed by atoms with Gasteiger partial charge in [0.2, 0.25) is 0 Å². The number of halogens is 1. The number of benzene rings is 1. The molecule has 3 heteroatoms. The van der Waals surface area contributed by atoms with Crippen molar-refractivity contribution in [2.75, 3.05) is 6.61 Å². The molecule has 0 radical (unpaired) electrons. The van der Waals surface area contributed by atoms with Gasteiger partial charge in [0.25, 0.3) is 0 Å². The third-order valence-corrected chi connectivity index (χ3v) is 2.34. The summed E-state index contributed by atoms with van der Waals surface area (Å²) in [5, 5.41) is 0. The van der Waals surface area contributed by atoms with E-state index >= 15 is 0 Å². The monoisotopic (exact) mass is 223 g/mol. The second-order valence-electron chi connectivity index (χ2n) is 3.66. The lowest BCUT2D eigenvalue weighted by atomic mass is 10.1. The number of nitrogens with two attached hydrogens (primary N) is 1. The van der Waals surface area contributed by atoms with Crippen molar-refractivity contribution in [3.8, 4) is 0 Å². The van der Waals surface area contributed by atoms with E-state index in [-0.39, 0.29) is 0 Å². The van der Waals surface area contributed by atoms with Gasteiger partial charge in [-0.25, -0.2) is 4.39 Å². The van der Waals surface area contributed by atoms with Gasteiger partial charge in [-0.15, -0.1) is 6.58 Å². The summed E-state index contributed by atoms with van der Waals surface area (Å²) >= 11 is 0. The molecule has 2 nitrogen and oxygen atoms in total. The minimum absolute atomic E-state index is 0.306. The fourth-order valence-corrected chi connectivity index (χ4v) is 1.30. The van der Waals surface area contributed by atoms with Crippen LogP contribution in [-0.2, 0) is 11.3 Å². The number of rotatable bonds is 7. The van der Waals surface area contributed by atoms with Crippen LogP contribution in [0.4, 0.5) is 4.39 Å². The Morgan fingerprint density at radius 2 is 2.06 bits per heavy atom. The van der Waals surface area contributed by atoms with E-state index < -0.39 is 12.2 Å². The van der Waals surface area contributed by atoms with Crippen molar-refractivity contribution in [3.63, 3.8) is 0 Å². The van der Waals surface area contributed by atoms with Crippen molar-refractivity contribution in [2.24, 2.45) is 5.73 Å². The van der Waals surface area contributed by atoms with Crippen molar-refractivity contribution in [1.29, 1.82) is 0 Å². The highest BCUT2D eigenvalue weighted by molar-refractivity contribution is 5.13. The highest BCUT2D eigenvalue weighted by atomic mass is 19.1. The molecule has 16 heavy (non-hydrogen) atoms. The number of ether oxygens (including phenoxy) is 1. The van der Waals surface area contributed by atoms with Gasteiger partial charge >= 0.3 is 0 Å². The minimum Gasteiger partial charge on any atom is -0.377 e. The molecule has 2 N–H and O–H groups in total. The molecule has 2 unspecified atom stereocenters. The summed E-state index contributed by atoms with van der Waals surface area (Å²) < 4.78 is 18.6. The molecule has 1 aromatic carbocycles. The standard InChI is InChI=1S/C13H18FNO/c1-2-13(15)12(14)8-9-16-10-11-6-4-3-5-7-11/h2-7,12-13H,1,8-10,15H2. The van der Waals surface area contributed by atoms with Gasteiger partial charge in [0.1, 0.15) is 6.17 Å². The van der Waals surface area contributed by atoms with Crippen LogP contribution in [0.1, 0.15) is 12.0 Å². The zero-order chi connectivity index (χ0) is 11.8. The normalized spacial score (nSPS) is 14.4. The van der Waals surface area contributed by atoms with Crippen molar-refractivity contribution in [1.82, 2.24) is 0 Å². The molecule has 1 rings (SSSR count). The second-order valence-corrected chi connectivity index (χ2v) is 3.66. The van der Waals surface area contributed by atoms with E-state index in [0.717, 1.165) is 5.56 Å². The molecule has 0 amide bonds. The molecule has 88 valence electrons. The quantitative estimate of drug-likeness (QED) is 0.569. The SMILES string of the molecule is C=CC(N)C(F)CCOCc1ccccc1. The van der Waals surface area contributed by atoms with E-state index in [1.54, 1.807) is 0 Å². The molecule has 0 heterocycles. The largest absolute Gasteiger partial charge is 0.377 e. The van der Waals surface area contributed by atoms with Gasteiger partial charge in [-0.3, -0.25) is 0 Å². The summed E-state index contributed by atoms with van der Waals surface area (Å²) in [5.74, 6) is 0. The Morgan fingerprint density at radius 3 is 2.69 bits per heavy atom. The first-order valence-electron chi connectivity index (χ1n) is 5.38. The Hall–Kier alpha value is -1.19. The summed E-state index contributed by atoms with van der Waals surface area (Å²) in [6.07, 6.45) is 0.648. The van der Waals surface area contributed by atoms with Gasteiger partial charge in [-0.05, 0) is 5.56 Å². The molecule has 1 aromatic rings. The highest BCUT2D eigenvalue weighted by Gasteiger charge is 2.12. The maximum atomic E-state index is 13.2. The van der Waals surface area contributed by atoms with Crippen LogP contribution in [0.5, 0.6) is 0 Å². The summed E-state index contributed by atoms with van der Waals surface area (Å²) in [6.45, 7) is 4.34. The Balaban J connectivity index is 2.15. The Kier molecular flexibility index (Phi) is 5.75. The van der Waals surface area contributed by atoms with Crippen molar-refractivity contribution in [3.05, 3.63) is 48.6 Å². The van der Waals surface area contributed by atoms with Crippen molar-refractivity contribution >= 4 is 0 Å². The molecule has 0 spiro atoms. The predicted molar refractivity (Wildman–Crippen MR) is 63.8 cm³/mol. The smallest absolute Gasteiger partial charge is 0.121 e. The van der Waals surface area contributed by atoms with Crippen molar-refractivity contribution < 1.29 is 9.13 Å². The minimum atomic E-state index is -1.08. The zero-order valence-corrected chi connectivity index (χ0v) is 9.31. The maximum Gasteiger partial charge on any atom is 0.121 e. The van der Waals surface area contributed by atoms with E-state index in [1.807, 2.05) is 30.3 Å². The van der Waals surface area contributed by atoms with Gasteiger partial charge in [0.05, 0.1) is 12.6 Å². The van der Waals surface area contributed by atoms with Crippen LogP contribution in [0.2, 0.25) is 0 Å². The average molecular weight is 223 g/mol. The molecule has 0 aromatic heterocycles. The van der Waals surface area contributed by atoms with E-state index in [9.17, 15) is 4.39 Å². The average Bonchev–Trinajstić information content (AvgIpc) is 2.34. The van der Waals surface area contributed by atoms with E-state index in [0.29, 0.717) is 19.6 Å². The van der Waals surface area contributed by atoms with Gasteiger partial charge in [-0.2, -0.15) is 0 Å². The number of hydrogen-bond donors (Lipinski definition) is 1. The van der Waals surface area contributed by atoms with Crippen molar-refractivity contribution in [2.45, 2.75) is 25.2 Å². The lowest BCUT2D eigenvalue weighted by molar-refractivity contribution is 0.0972. The van der Waals surface area contributed by atoms with Crippen LogP contribution in [0.3, 0.4) is 0 Å². The van der Waals surface area contributed by atoms with E-state index in [1.165, 1.54) is 6.08 Å². The molecule has 0 saturated heterocycles. The van der Waals surface area contributed by atoms with E-state index in [4.69, 9.17) is 10.5 Å². The first kappa shape index (κ1) is 12.9. The van der Waals surface area contributed by atoms with Crippen LogP contribution in [0, 0.1) is 0 Å². The van der Waals surface area contributed by atoms with Crippen LogP contribution in [-0.4, -0.2) is 18.8 Å². The fourth-order valence-electron chi connectivity index (χ4n) is 1.30. The zero-order valence-electron chi connectivity index (χ0n) is 9.31. The first-order chi connectivity index (χ1) is 7.74. The van der Waals surface area contributed by atoms with Gasteiger partial charge in [-0.1, -0.05) is 36.4 Å². The summed E-state index contributed by atoms with van der Waals surface area (Å²) in [6, 6.07) is 9.20. The Bertz CT molecular complexity index is 302. The first-order valence-corrected chi connectivity index (χ1v) is 5.38. The van der Waals surface area contributed by atoms with Crippen LogP contribution >= 0.6 is 0 Å². The summed E-state index contributed by atoms with van der Waals surface area (Å²) in [7, 11) is 0. The molecule has 0 aliphatic heterocycles. The third kappa shape index (κ3) is 4.55. The van der Waals surface area contributed by atoms with Crippen LogP contribution < -0.4 is 5.73 Å². The van der Waals surface area contributed by atoms with E-state index in [2.05, 4.69) is 6.58 Å². The fraction of sp³-hybridized carbons (Fsp3) is 0.385. The molecule has 0 fully saturated rings. The molecule has 0 aliphatic carbocycles. The second kappa shape index (κ2) is 7.14. The van der Waals surface area contributed by atoms with Crippen LogP contribution in [0.25, 0.3) is 0 Å². The van der Waals surface area contributed by atoms with Gasteiger partial charge in [0.15, 0.2) is 0 Å². The molecule has 0 saturated carbocycles. The number of alkyl halides is 1. The molecule has 0 bridgehead atoms. The highest BCUT2D eigenvalue weighted by Crippen LogP contribution is 2.05. The lowest BCUT2D eigenvalue weighted by Crippen LogP contribution is -2.30. The maximum absolute atomic E-state index is 13.2. The van der Waals surface area contributed by atoms with Crippen LogP contribution in [0.15, 0.2) is 43.0 Å². The molecule has 0 aliphatic rings. The topological polar surface area (TPSA) is 35.2 Å². The van der Waals surface area contributed by atoms with Gasteiger partial charge in [0, 0.05) is 13.0 Å².